The highest BCUT2D eigenvalue weighted by Crippen LogP contribution is 2.39. The molecule has 2 aromatic rings. The number of anilines is 1. The van der Waals surface area contributed by atoms with Crippen LogP contribution < -0.4 is 15.5 Å². The molecule has 3 N–H and O–H groups in total. The molecule has 1 aromatic heterocycles. The van der Waals surface area contributed by atoms with E-state index in [2.05, 4.69) is 20.6 Å². The minimum atomic E-state index is -1.06. The summed E-state index contributed by atoms with van der Waals surface area (Å²) >= 11 is 0. The van der Waals surface area contributed by atoms with Crippen LogP contribution in [0.2, 0.25) is 0 Å². The first kappa shape index (κ1) is 21.3. The molecular formula is C22H30N6O3. The maximum Gasteiger partial charge on any atom is 0.405 e. The molecule has 9 nitrogen and oxygen atoms in total. The maximum absolute atomic E-state index is 12.2. The highest BCUT2D eigenvalue weighted by molar-refractivity contribution is 5.94. The van der Waals surface area contributed by atoms with Gasteiger partial charge in [0.05, 0.1) is 18.8 Å². The van der Waals surface area contributed by atoms with Crippen LogP contribution in [0.4, 0.5) is 10.5 Å². The van der Waals surface area contributed by atoms with Crippen molar-refractivity contribution in [2.45, 2.75) is 38.9 Å². The second-order valence-corrected chi connectivity index (χ2v) is 8.33. The summed E-state index contributed by atoms with van der Waals surface area (Å²) in [5.41, 5.74) is 3.52. The summed E-state index contributed by atoms with van der Waals surface area (Å²) in [7, 11) is 0. The molecule has 0 bridgehead atoms. The van der Waals surface area contributed by atoms with Crippen LogP contribution in [0, 0.1) is 0 Å². The number of fused-ring (bicyclic) bond motifs is 1. The van der Waals surface area contributed by atoms with Gasteiger partial charge in [-0.05, 0) is 36.6 Å². The molecule has 4 rings (SSSR count). The topological polar surface area (TPSA) is 103 Å². The molecule has 2 aliphatic rings. The summed E-state index contributed by atoms with van der Waals surface area (Å²) in [6.45, 7) is 9.44. The third-order valence-corrected chi connectivity index (χ3v) is 6.14. The van der Waals surface area contributed by atoms with Crippen LogP contribution >= 0.6 is 0 Å². The van der Waals surface area contributed by atoms with Gasteiger partial charge in [0.15, 0.2) is 0 Å². The van der Waals surface area contributed by atoms with Gasteiger partial charge in [-0.15, -0.1) is 0 Å². The van der Waals surface area contributed by atoms with E-state index < -0.39 is 6.09 Å². The lowest BCUT2D eigenvalue weighted by Gasteiger charge is -2.39. The molecule has 3 heterocycles. The van der Waals surface area contributed by atoms with E-state index in [-0.39, 0.29) is 18.0 Å². The first-order chi connectivity index (χ1) is 14.9. The van der Waals surface area contributed by atoms with Crippen molar-refractivity contribution in [1.29, 1.82) is 0 Å². The SMILES string of the molecule is CC(=O)N1c2ccc(-c3cnn(CCN4CCNCC4)c3)cc2[C@@H](NC(=O)O)C[C@H]1C. The Labute approximate surface area is 182 Å². The van der Waals surface area contributed by atoms with Gasteiger partial charge in [-0.25, -0.2) is 4.79 Å². The minimum Gasteiger partial charge on any atom is -0.465 e. The Hall–Kier alpha value is -2.91. The number of aromatic nitrogens is 2. The number of carbonyl (C=O) groups is 2. The molecule has 0 aliphatic carbocycles. The first-order valence-corrected chi connectivity index (χ1v) is 10.8. The molecule has 2 atom stereocenters. The van der Waals surface area contributed by atoms with E-state index in [1.807, 2.05) is 42.2 Å². The van der Waals surface area contributed by atoms with Gasteiger partial charge in [0.25, 0.3) is 0 Å². The van der Waals surface area contributed by atoms with Crippen molar-refractivity contribution < 1.29 is 14.7 Å². The summed E-state index contributed by atoms with van der Waals surface area (Å²) in [4.78, 5) is 27.7. The molecular weight excluding hydrogens is 396 g/mol. The lowest BCUT2D eigenvalue weighted by Crippen LogP contribution is -2.45. The monoisotopic (exact) mass is 426 g/mol. The highest BCUT2D eigenvalue weighted by atomic mass is 16.4. The molecule has 1 saturated heterocycles. The molecule has 166 valence electrons. The number of nitrogens with one attached hydrogen (secondary N) is 2. The van der Waals surface area contributed by atoms with Gasteiger partial charge in [0.1, 0.15) is 0 Å². The van der Waals surface area contributed by atoms with E-state index in [4.69, 9.17) is 0 Å². The molecule has 0 unspecified atom stereocenters. The van der Waals surface area contributed by atoms with Crippen molar-refractivity contribution in [2.75, 3.05) is 37.6 Å². The van der Waals surface area contributed by atoms with Crippen LogP contribution in [-0.4, -0.2) is 70.6 Å². The van der Waals surface area contributed by atoms with Gasteiger partial charge >= 0.3 is 6.09 Å². The molecule has 0 radical (unpaired) electrons. The number of rotatable bonds is 5. The second-order valence-electron chi connectivity index (χ2n) is 8.33. The van der Waals surface area contributed by atoms with Crippen LogP contribution in [-0.2, 0) is 11.3 Å². The highest BCUT2D eigenvalue weighted by Gasteiger charge is 2.33. The normalized spacial score (nSPS) is 21.5. The van der Waals surface area contributed by atoms with Gasteiger partial charge in [0.2, 0.25) is 5.91 Å². The number of hydrogen-bond acceptors (Lipinski definition) is 5. The predicted molar refractivity (Wildman–Crippen MR) is 118 cm³/mol. The lowest BCUT2D eigenvalue weighted by molar-refractivity contribution is -0.117. The van der Waals surface area contributed by atoms with E-state index in [1.165, 1.54) is 0 Å². The summed E-state index contributed by atoms with van der Waals surface area (Å²) in [5, 5.41) is 19.8. The number of amides is 2. The van der Waals surface area contributed by atoms with Gasteiger partial charge < -0.3 is 20.6 Å². The summed E-state index contributed by atoms with van der Waals surface area (Å²) in [6, 6.07) is 5.43. The third-order valence-electron chi connectivity index (χ3n) is 6.14. The molecule has 31 heavy (non-hydrogen) atoms. The van der Waals surface area contributed by atoms with Gasteiger partial charge in [-0.2, -0.15) is 5.10 Å². The van der Waals surface area contributed by atoms with Crippen LogP contribution in [0.25, 0.3) is 11.1 Å². The van der Waals surface area contributed by atoms with Crippen LogP contribution in [0.1, 0.15) is 31.9 Å². The van der Waals surface area contributed by atoms with E-state index in [9.17, 15) is 14.7 Å². The summed E-state index contributed by atoms with van der Waals surface area (Å²) in [5.74, 6) is -0.0454. The number of piperazine rings is 1. The number of hydrogen-bond donors (Lipinski definition) is 3. The van der Waals surface area contributed by atoms with E-state index in [0.717, 1.165) is 61.6 Å². The molecule has 0 spiro atoms. The lowest BCUT2D eigenvalue weighted by atomic mass is 9.89. The number of nitrogens with zero attached hydrogens (tertiary/aromatic N) is 4. The molecule has 0 saturated carbocycles. The molecule has 2 aliphatic heterocycles. The van der Waals surface area contributed by atoms with Crippen LogP contribution in [0.5, 0.6) is 0 Å². The Balaban J connectivity index is 1.56. The minimum absolute atomic E-state index is 0.0454. The van der Waals surface area contributed by atoms with Gasteiger partial charge in [-0.1, -0.05) is 6.07 Å². The van der Waals surface area contributed by atoms with Crippen molar-refractivity contribution in [2.24, 2.45) is 0 Å². The maximum atomic E-state index is 12.2. The molecule has 9 heteroatoms. The van der Waals surface area contributed by atoms with Crippen molar-refractivity contribution in [3.05, 3.63) is 36.2 Å². The number of carboxylic acid groups (broad SMARTS) is 1. The van der Waals surface area contributed by atoms with Crippen LogP contribution in [0.15, 0.2) is 30.6 Å². The van der Waals surface area contributed by atoms with E-state index in [1.54, 1.807) is 11.8 Å². The average molecular weight is 427 g/mol. The van der Waals surface area contributed by atoms with Gasteiger partial charge in [-0.3, -0.25) is 14.4 Å². The number of carbonyl (C=O) groups excluding carboxylic acids is 1. The Morgan fingerprint density at radius 2 is 2.00 bits per heavy atom. The fourth-order valence-electron chi connectivity index (χ4n) is 4.62. The smallest absolute Gasteiger partial charge is 0.405 e. The molecule has 2 amide bonds. The zero-order valence-corrected chi connectivity index (χ0v) is 18.0. The fraction of sp³-hybridized carbons (Fsp3) is 0.500. The van der Waals surface area contributed by atoms with Crippen molar-refractivity contribution in [3.63, 3.8) is 0 Å². The van der Waals surface area contributed by atoms with E-state index >= 15 is 0 Å². The quantitative estimate of drug-likeness (QED) is 0.675. The summed E-state index contributed by atoms with van der Waals surface area (Å²) < 4.78 is 1.95. The zero-order valence-electron chi connectivity index (χ0n) is 18.0. The Morgan fingerprint density at radius 3 is 2.71 bits per heavy atom. The van der Waals surface area contributed by atoms with Crippen molar-refractivity contribution >= 4 is 17.7 Å². The predicted octanol–water partition coefficient (Wildman–Crippen LogP) is 1.91. The fourth-order valence-corrected chi connectivity index (χ4v) is 4.62. The average Bonchev–Trinajstić information content (AvgIpc) is 3.21. The van der Waals surface area contributed by atoms with Crippen LogP contribution in [0.3, 0.4) is 0 Å². The van der Waals surface area contributed by atoms with Gasteiger partial charge in [0, 0.05) is 63.1 Å². The zero-order chi connectivity index (χ0) is 22.0. The number of benzene rings is 1. The standard InChI is InChI=1S/C22H30N6O3/c1-15-11-20(25-22(30)31)19-12-17(3-4-21(19)28(15)16(2)29)18-13-24-27(14-18)10-9-26-7-5-23-6-8-26/h3-4,12-15,20,23,25H,5-11H2,1-2H3,(H,30,31)/t15-,20+/m1/s1. The molecule has 1 aromatic carbocycles. The largest absolute Gasteiger partial charge is 0.465 e. The Kier molecular flexibility index (Phi) is 6.24. The first-order valence-electron chi connectivity index (χ1n) is 10.8. The second kappa shape index (κ2) is 9.07. The Bertz CT molecular complexity index is 952. The van der Waals surface area contributed by atoms with E-state index in [0.29, 0.717) is 6.42 Å². The Morgan fingerprint density at radius 1 is 1.23 bits per heavy atom. The third kappa shape index (κ3) is 4.72. The van der Waals surface area contributed by atoms with Crippen molar-refractivity contribution in [3.8, 4) is 11.1 Å². The molecule has 1 fully saturated rings. The van der Waals surface area contributed by atoms with Crippen molar-refractivity contribution in [1.82, 2.24) is 25.3 Å². The summed E-state index contributed by atoms with van der Waals surface area (Å²) in [6.07, 6.45) is 3.34.